The van der Waals surface area contributed by atoms with Crippen LogP contribution in [0.1, 0.15) is 28.8 Å². The smallest absolute Gasteiger partial charge is 0.111 e. The second-order valence-corrected chi connectivity index (χ2v) is 11.7. The number of aromatic nitrogens is 1. The van der Waals surface area contributed by atoms with Crippen molar-refractivity contribution in [2.45, 2.75) is 12.5 Å². The molecule has 4 heteroatoms. The van der Waals surface area contributed by atoms with Crippen LogP contribution in [0.4, 0.5) is 11.4 Å². The van der Waals surface area contributed by atoms with Crippen molar-refractivity contribution < 1.29 is 0 Å². The van der Waals surface area contributed by atoms with Gasteiger partial charge in [-0.2, -0.15) is 0 Å². The van der Waals surface area contributed by atoms with Gasteiger partial charge in [0, 0.05) is 46.6 Å². The molecule has 0 fully saturated rings. The average molecular weight is 583 g/mol. The van der Waals surface area contributed by atoms with E-state index in [4.69, 9.17) is 12.3 Å². The summed E-state index contributed by atoms with van der Waals surface area (Å²) in [6.45, 7) is 5.39. The second kappa shape index (κ2) is 11.2. The maximum atomic E-state index is 6.86. The highest BCUT2D eigenvalue weighted by Gasteiger charge is 2.27. The highest BCUT2D eigenvalue weighted by atomic mass is 15.2. The molecule has 218 valence electrons. The van der Waals surface area contributed by atoms with Crippen LogP contribution < -0.4 is 16.0 Å². The van der Waals surface area contributed by atoms with E-state index in [0.29, 0.717) is 6.54 Å². The van der Waals surface area contributed by atoms with Gasteiger partial charge in [-0.15, -0.1) is 0 Å². The van der Waals surface area contributed by atoms with Crippen molar-refractivity contribution in [3.8, 4) is 0 Å². The Morgan fingerprint density at radius 2 is 1.44 bits per heavy atom. The van der Waals surface area contributed by atoms with Gasteiger partial charge in [0.15, 0.2) is 0 Å². The number of rotatable bonds is 5. The first-order chi connectivity index (χ1) is 22.2. The summed E-state index contributed by atoms with van der Waals surface area (Å²) in [5, 5.41) is 4.91. The number of fused-ring (bicyclic) bond motifs is 4. The molecule has 4 aromatic carbocycles. The van der Waals surface area contributed by atoms with E-state index in [-0.39, 0.29) is 6.04 Å². The fourth-order valence-electron chi connectivity index (χ4n) is 6.80. The molecular weight excluding hydrogens is 548 g/mol. The molecular formula is C41H34N4. The fraction of sp³-hybridized carbons (Fsp3) is 0.0732. The summed E-state index contributed by atoms with van der Waals surface area (Å²) in [5.41, 5.74) is 19.5. The molecule has 0 saturated carbocycles. The molecule has 0 amide bonds. The summed E-state index contributed by atoms with van der Waals surface area (Å²) >= 11 is 0. The Hall–Kier alpha value is -5.58. The van der Waals surface area contributed by atoms with Crippen molar-refractivity contribution in [1.29, 1.82) is 0 Å². The summed E-state index contributed by atoms with van der Waals surface area (Å²) < 4.78 is 2.33. The van der Waals surface area contributed by atoms with Crippen LogP contribution in [0.5, 0.6) is 0 Å². The zero-order valence-corrected chi connectivity index (χ0v) is 25.0. The Bertz CT molecular complexity index is 2110. The third kappa shape index (κ3) is 4.67. The molecule has 2 aliphatic heterocycles. The van der Waals surface area contributed by atoms with E-state index < -0.39 is 0 Å². The maximum absolute atomic E-state index is 6.86. The van der Waals surface area contributed by atoms with E-state index >= 15 is 0 Å². The lowest BCUT2D eigenvalue weighted by Crippen LogP contribution is -2.33. The average Bonchev–Trinajstić information content (AvgIpc) is 3.72. The monoisotopic (exact) mass is 582 g/mol. The minimum Gasteiger partial charge on any atom is -0.367 e. The molecule has 0 bridgehead atoms. The molecule has 0 spiro atoms. The molecule has 0 radical (unpaired) electrons. The number of nitrogens with two attached hydrogens (primary N) is 1. The van der Waals surface area contributed by atoms with Crippen LogP contribution in [-0.4, -0.2) is 17.2 Å². The molecule has 3 aliphatic rings. The lowest BCUT2D eigenvalue weighted by Gasteiger charge is -2.28. The topological polar surface area (TPSA) is 46.2 Å². The van der Waals surface area contributed by atoms with Gasteiger partial charge in [0.05, 0.1) is 16.9 Å². The number of hydrogen-bond donors (Lipinski definition) is 2. The standard InChI is InChI=1S/C41H34N4/c1-28-34-16-8-10-18-37(34)44(33-14-6-3-7-15-33)25-24-36-35-17-9-11-19-38(35)45(41(28)36)39-23-22-32(27-43-39)40(42)31-21-20-30(26-31)29-12-4-2-5-13-29/h2-25,40,43H,1,26-27,42H2/b25-24-. The number of nitrogens with zero attached hydrogens (tertiary/aromatic N) is 2. The second-order valence-electron chi connectivity index (χ2n) is 11.7. The highest BCUT2D eigenvalue weighted by Crippen LogP contribution is 2.43. The molecule has 8 rings (SSSR count). The van der Waals surface area contributed by atoms with Gasteiger partial charge in [-0.1, -0.05) is 110 Å². The number of hydrogen-bond acceptors (Lipinski definition) is 3. The molecule has 1 unspecified atom stereocenters. The Morgan fingerprint density at radius 1 is 0.733 bits per heavy atom. The minimum atomic E-state index is -0.136. The Balaban J connectivity index is 1.19. The van der Waals surface area contributed by atoms with E-state index in [1.807, 2.05) is 0 Å². The van der Waals surface area contributed by atoms with Crippen LogP contribution in [0.15, 0.2) is 157 Å². The van der Waals surface area contributed by atoms with Gasteiger partial charge in [-0.3, -0.25) is 4.57 Å². The molecule has 0 saturated heterocycles. The van der Waals surface area contributed by atoms with E-state index in [0.717, 1.165) is 51.5 Å². The van der Waals surface area contributed by atoms with Crippen LogP contribution >= 0.6 is 0 Å². The first kappa shape index (κ1) is 27.0. The Kier molecular flexibility index (Phi) is 6.70. The normalized spacial score (nSPS) is 17.2. The summed E-state index contributed by atoms with van der Waals surface area (Å²) in [5.74, 6) is 1.01. The number of dihydropyridines is 1. The summed E-state index contributed by atoms with van der Waals surface area (Å²) in [7, 11) is 0. The van der Waals surface area contributed by atoms with E-state index in [2.05, 4.69) is 161 Å². The molecule has 1 atom stereocenters. The fourth-order valence-corrected chi connectivity index (χ4v) is 6.80. The van der Waals surface area contributed by atoms with Crippen molar-refractivity contribution in [3.63, 3.8) is 0 Å². The summed E-state index contributed by atoms with van der Waals surface area (Å²) in [4.78, 5) is 2.25. The van der Waals surface area contributed by atoms with Crippen molar-refractivity contribution >= 4 is 45.3 Å². The number of anilines is 2. The van der Waals surface area contributed by atoms with Gasteiger partial charge in [0.2, 0.25) is 0 Å². The molecule has 3 N–H and O–H groups in total. The van der Waals surface area contributed by atoms with Crippen molar-refractivity contribution in [2.24, 2.45) is 5.73 Å². The van der Waals surface area contributed by atoms with Crippen molar-refractivity contribution in [3.05, 3.63) is 180 Å². The van der Waals surface area contributed by atoms with Crippen molar-refractivity contribution in [2.75, 3.05) is 11.4 Å². The molecule has 4 nitrogen and oxygen atoms in total. The lowest BCUT2D eigenvalue weighted by molar-refractivity contribution is 0.777. The van der Waals surface area contributed by atoms with Crippen LogP contribution in [0, 0.1) is 0 Å². The number of para-hydroxylation sites is 3. The van der Waals surface area contributed by atoms with Crippen molar-refractivity contribution in [1.82, 2.24) is 9.88 Å². The quantitative estimate of drug-likeness (QED) is 0.218. The highest BCUT2D eigenvalue weighted by molar-refractivity contribution is 6.03. The van der Waals surface area contributed by atoms with E-state index in [1.165, 1.54) is 27.7 Å². The molecule has 1 aliphatic carbocycles. The van der Waals surface area contributed by atoms with Crippen LogP contribution in [0.2, 0.25) is 0 Å². The third-order valence-electron chi connectivity index (χ3n) is 9.12. The zero-order valence-electron chi connectivity index (χ0n) is 25.0. The summed E-state index contributed by atoms with van der Waals surface area (Å²) in [6, 6.07) is 38.0. The van der Waals surface area contributed by atoms with Gasteiger partial charge in [-0.25, -0.2) is 0 Å². The number of nitrogens with one attached hydrogen (secondary N) is 1. The zero-order chi connectivity index (χ0) is 30.3. The number of benzene rings is 4. The Labute approximate surface area is 264 Å². The molecule has 5 aromatic rings. The van der Waals surface area contributed by atoms with E-state index in [9.17, 15) is 0 Å². The lowest BCUT2D eigenvalue weighted by atomic mass is 9.94. The van der Waals surface area contributed by atoms with Gasteiger partial charge in [0.25, 0.3) is 0 Å². The first-order valence-electron chi connectivity index (χ1n) is 15.5. The largest absolute Gasteiger partial charge is 0.367 e. The Morgan fingerprint density at radius 3 is 2.24 bits per heavy atom. The van der Waals surface area contributed by atoms with E-state index in [1.54, 1.807) is 0 Å². The van der Waals surface area contributed by atoms with Crippen LogP contribution in [0.3, 0.4) is 0 Å². The van der Waals surface area contributed by atoms with Gasteiger partial charge in [0.1, 0.15) is 5.82 Å². The molecule has 45 heavy (non-hydrogen) atoms. The van der Waals surface area contributed by atoms with Gasteiger partial charge >= 0.3 is 0 Å². The molecule has 3 heterocycles. The summed E-state index contributed by atoms with van der Waals surface area (Å²) in [6.07, 6.45) is 14.1. The SMILES string of the molecule is C=C1c2ccccc2N(c2ccccc2)/C=C\c2c1n(C1=CC=C(C(N)C3=CC=C(c4ccccc4)C3)CN1)c1ccccc21. The van der Waals surface area contributed by atoms with Gasteiger partial charge < -0.3 is 16.0 Å². The van der Waals surface area contributed by atoms with Gasteiger partial charge in [-0.05, 0) is 65.1 Å². The van der Waals surface area contributed by atoms with Crippen LogP contribution in [0.25, 0.3) is 33.9 Å². The predicted octanol–water partition coefficient (Wildman–Crippen LogP) is 8.89. The minimum absolute atomic E-state index is 0.136. The van der Waals surface area contributed by atoms with Crippen LogP contribution in [-0.2, 0) is 0 Å². The predicted molar refractivity (Wildman–Crippen MR) is 190 cm³/mol. The number of allylic oxidation sites excluding steroid dienone is 5. The third-order valence-corrected chi connectivity index (χ3v) is 9.12. The maximum Gasteiger partial charge on any atom is 0.111 e. The molecule has 1 aromatic heterocycles. The first-order valence-corrected chi connectivity index (χ1v) is 15.5.